The molecule has 0 aromatic carbocycles. The van der Waals surface area contributed by atoms with Gasteiger partial charge in [-0.05, 0) is 37.9 Å². The zero-order chi connectivity index (χ0) is 9.68. The third-order valence-corrected chi connectivity index (χ3v) is 2.14. The first-order valence-electron chi connectivity index (χ1n) is 4.97. The first kappa shape index (κ1) is 10.3. The van der Waals surface area contributed by atoms with Crippen LogP contribution < -0.4 is 5.32 Å². The lowest BCUT2D eigenvalue weighted by atomic mass is 10.1. The Kier molecular flexibility index (Phi) is 4.03. The topological polar surface area (TPSA) is 25.2 Å². The van der Waals surface area contributed by atoms with Crippen molar-refractivity contribution in [2.75, 3.05) is 6.54 Å². The molecule has 0 spiro atoms. The summed E-state index contributed by atoms with van der Waals surface area (Å²) in [5, 5.41) is 3.42. The maximum absolute atomic E-state index is 5.29. The zero-order valence-electron chi connectivity index (χ0n) is 8.71. The largest absolute Gasteiger partial charge is 0.468 e. The molecule has 1 N–H and O–H groups in total. The molecule has 0 bridgehead atoms. The summed E-state index contributed by atoms with van der Waals surface area (Å²) >= 11 is 0. The van der Waals surface area contributed by atoms with Crippen molar-refractivity contribution in [2.24, 2.45) is 5.92 Å². The van der Waals surface area contributed by atoms with E-state index in [1.54, 1.807) is 6.26 Å². The second kappa shape index (κ2) is 5.07. The van der Waals surface area contributed by atoms with E-state index >= 15 is 0 Å². The van der Waals surface area contributed by atoms with Gasteiger partial charge in [-0.2, -0.15) is 0 Å². The fraction of sp³-hybridized carbons (Fsp3) is 0.636. The highest BCUT2D eigenvalue weighted by Crippen LogP contribution is 2.12. The summed E-state index contributed by atoms with van der Waals surface area (Å²) in [4.78, 5) is 0. The minimum absolute atomic E-state index is 0.328. The summed E-state index contributed by atoms with van der Waals surface area (Å²) < 4.78 is 5.29. The second-order valence-corrected chi connectivity index (χ2v) is 3.87. The molecule has 2 nitrogen and oxygen atoms in total. The molecule has 1 heterocycles. The van der Waals surface area contributed by atoms with Gasteiger partial charge in [-0.15, -0.1) is 0 Å². The molecule has 1 atom stereocenters. The number of hydrogen-bond acceptors (Lipinski definition) is 2. The summed E-state index contributed by atoms with van der Waals surface area (Å²) in [6.07, 6.45) is 2.93. The molecule has 0 aliphatic carbocycles. The molecule has 0 aliphatic rings. The van der Waals surface area contributed by atoms with Crippen LogP contribution in [-0.4, -0.2) is 6.54 Å². The van der Waals surface area contributed by atoms with Crippen molar-refractivity contribution in [3.63, 3.8) is 0 Å². The van der Waals surface area contributed by atoms with Crippen molar-refractivity contribution in [1.82, 2.24) is 5.32 Å². The van der Waals surface area contributed by atoms with Crippen molar-refractivity contribution in [3.8, 4) is 0 Å². The molecule has 0 saturated carbocycles. The maximum Gasteiger partial charge on any atom is 0.120 e. The van der Waals surface area contributed by atoms with E-state index < -0.39 is 0 Å². The lowest BCUT2D eigenvalue weighted by molar-refractivity contribution is 0.417. The van der Waals surface area contributed by atoms with E-state index in [2.05, 4.69) is 26.1 Å². The Bertz CT molecular complexity index is 216. The van der Waals surface area contributed by atoms with Crippen molar-refractivity contribution in [2.45, 2.75) is 33.2 Å². The molecular weight excluding hydrogens is 162 g/mol. The molecule has 74 valence electrons. The minimum Gasteiger partial charge on any atom is -0.468 e. The van der Waals surface area contributed by atoms with E-state index in [9.17, 15) is 0 Å². The highest BCUT2D eigenvalue weighted by Gasteiger charge is 2.06. The SMILES string of the molecule is CC(C)CCN[C@@H](C)c1ccco1. The molecule has 1 aromatic rings. The molecule has 0 saturated heterocycles. The van der Waals surface area contributed by atoms with Crippen molar-refractivity contribution in [3.05, 3.63) is 24.2 Å². The summed E-state index contributed by atoms with van der Waals surface area (Å²) in [7, 11) is 0. The molecular formula is C11H19NO. The van der Waals surface area contributed by atoms with Gasteiger partial charge in [0.05, 0.1) is 12.3 Å². The lowest BCUT2D eigenvalue weighted by Crippen LogP contribution is -2.20. The van der Waals surface area contributed by atoms with Crippen LogP contribution in [-0.2, 0) is 0 Å². The van der Waals surface area contributed by atoms with Gasteiger partial charge in [-0.25, -0.2) is 0 Å². The maximum atomic E-state index is 5.29. The number of furan rings is 1. The van der Waals surface area contributed by atoms with Gasteiger partial charge >= 0.3 is 0 Å². The molecule has 0 amide bonds. The van der Waals surface area contributed by atoms with Gasteiger partial charge < -0.3 is 9.73 Å². The molecule has 0 aliphatic heterocycles. The van der Waals surface area contributed by atoms with Crippen LogP contribution in [0.3, 0.4) is 0 Å². The van der Waals surface area contributed by atoms with Crippen LogP contribution >= 0.6 is 0 Å². The van der Waals surface area contributed by atoms with E-state index in [-0.39, 0.29) is 0 Å². The minimum atomic E-state index is 0.328. The number of hydrogen-bond donors (Lipinski definition) is 1. The van der Waals surface area contributed by atoms with Crippen molar-refractivity contribution < 1.29 is 4.42 Å². The van der Waals surface area contributed by atoms with Crippen molar-refractivity contribution in [1.29, 1.82) is 0 Å². The summed E-state index contributed by atoms with van der Waals surface area (Å²) in [5.74, 6) is 1.78. The monoisotopic (exact) mass is 181 g/mol. The van der Waals surface area contributed by atoms with Gasteiger partial charge in [0.2, 0.25) is 0 Å². The van der Waals surface area contributed by atoms with Crippen LogP contribution in [0.25, 0.3) is 0 Å². The predicted octanol–water partition coefficient (Wildman–Crippen LogP) is 2.98. The first-order valence-corrected chi connectivity index (χ1v) is 4.97. The summed E-state index contributed by atoms with van der Waals surface area (Å²) in [6.45, 7) is 7.65. The van der Waals surface area contributed by atoms with E-state index in [0.29, 0.717) is 6.04 Å². The van der Waals surface area contributed by atoms with E-state index in [4.69, 9.17) is 4.42 Å². The Balaban J connectivity index is 2.22. The van der Waals surface area contributed by atoms with Crippen LogP contribution in [0.1, 0.15) is 39.0 Å². The quantitative estimate of drug-likeness (QED) is 0.755. The normalized spacial score (nSPS) is 13.5. The fourth-order valence-electron chi connectivity index (χ4n) is 1.23. The zero-order valence-corrected chi connectivity index (χ0v) is 8.71. The van der Waals surface area contributed by atoms with Crippen LogP contribution in [0.2, 0.25) is 0 Å². The van der Waals surface area contributed by atoms with Crippen LogP contribution in [0.15, 0.2) is 22.8 Å². The Hall–Kier alpha value is -0.760. The van der Waals surface area contributed by atoms with Crippen molar-refractivity contribution >= 4 is 0 Å². The van der Waals surface area contributed by atoms with Gasteiger partial charge in [0.25, 0.3) is 0 Å². The Labute approximate surface area is 80.3 Å². The Morgan fingerprint density at radius 1 is 1.38 bits per heavy atom. The third kappa shape index (κ3) is 3.64. The second-order valence-electron chi connectivity index (χ2n) is 3.87. The molecule has 0 fully saturated rings. The molecule has 2 heteroatoms. The summed E-state index contributed by atoms with van der Waals surface area (Å²) in [6, 6.07) is 4.26. The molecule has 1 aromatic heterocycles. The van der Waals surface area contributed by atoms with Gasteiger partial charge in [-0.3, -0.25) is 0 Å². The van der Waals surface area contributed by atoms with Gasteiger partial charge in [0.15, 0.2) is 0 Å². The average Bonchev–Trinajstić information content (AvgIpc) is 2.55. The Morgan fingerprint density at radius 3 is 2.69 bits per heavy atom. The van der Waals surface area contributed by atoms with Crippen LogP contribution in [0, 0.1) is 5.92 Å². The Morgan fingerprint density at radius 2 is 2.15 bits per heavy atom. The highest BCUT2D eigenvalue weighted by molar-refractivity contribution is 5.02. The van der Waals surface area contributed by atoms with Gasteiger partial charge in [-0.1, -0.05) is 13.8 Å². The molecule has 1 rings (SSSR count). The van der Waals surface area contributed by atoms with E-state index in [1.807, 2.05) is 12.1 Å². The number of nitrogens with one attached hydrogen (secondary N) is 1. The fourth-order valence-corrected chi connectivity index (χ4v) is 1.23. The lowest BCUT2D eigenvalue weighted by Gasteiger charge is -2.12. The smallest absolute Gasteiger partial charge is 0.120 e. The molecule has 0 unspecified atom stereocenters. The van der Waals surface area contributed by atoms with Crippen LogP contribution in [0.5, 0.6) is 0 Å². The standard InChI is InChI=1S/C11H19NO/c1-9(2)6-7-12-10(3)11-5-4-8-13-11/h4-5,8-10,12H,6-7H2,1-3H3/t10-/m0/s1. The van der Waals surface area contributed by atoms with Gasteiger partial charge in [0.1, 0.15) is 5.76 Å². The average molecular weight is 181 g/mol. The number of rotatable bonds is 5. The van der Waals surface area contributed by atoms with Crippen LogP contribution in [0.4, 0.5) is 0 Å². The van der Waals surface area contributed by atoms with Gasteiger partial charge in [0, 0.05) is 0 Å². The predicted molar refractivity (Wildman–Crippen MR) is 54.6 cm³/mol. The summed E-state index contributed by atoms with van der Waals surface area (Å²) in [5.41, 5.74) is 0. The van der Waals surface area contributed by atoms with E-state index in [0.717, 1.165) is 18.2 Å². The highest BCUT2D eigenvalue weighted by atomic mass is 16.3. The first-order chi connectivity index (χ1) is 6.20. The van der Waals surface area contributed by atoms with E-state index in [1.165, 1.54) is 6.42 Å². The molecule has 0 radical (unpaired) electrons. The third-order valence-electron chi connectivity index (χ3n) is 2.14. The molecule has 13 heavy (non-hydrogen) atoms.